The van der Waals surface area contributed by atoms with E-state index in [9.17, 15) is 4.57 Å². The molecule has 2 aliphatic carbocycles. The first-order valence-corrected chi connectivity index (χ1v) is 15.3. The van der Waals surface area contributed by atoms with E-state index in [1.165, 1.54) is 12.8 Å². The van der Waals surface area contributed by atoms with Crippen molar-refractivity contribution in [2.24, 2.45) is 0 Å². The van der Waals surface area contributed by atoms with Gasteiger partial charge in [-0.1, -0.05) is 44.9 Å². The lowest BCUT2D eigenvalue weighted by atomic mass is 9.94. The summed E-state index contributed by atoms with van der Waals surface area (Å²) in [6.45, 7) is 4.35. The van der Waals surface area contributed by atoms with Gasteiger partial charge in [-0.15, -0.1) is 0 Å². The van der Waals surface area contributed by atoms with Crippen molar-refractivity contribution in [3.63, 3.8) is 0 Å². The van der Waals surface area contributed by atoms with Gasteiger partial charge in [0.05, 0.1) is 6.61 Å². The van der Waals surface area contributed by atoms with Crippen molar-refractivity contribution in [3.8, 4) is 0 Å². The second-order valence-corrected chi connectivity index (χ2v) is 14.1. The third kappa shape index (κ3) is 4.46. The smallest absolute Gasteiger partial charge is 0.235 e. The molecule has 35 heavy (non-hydrogen) atoms. The zero-order valence-electron chi connectivity index (χ0n) is 20.9. The van der Waals surface area contributed by atoms with E-state index in [4.69, 9.17) is 28.2 Å². The Morgan fingerprint density at radius 1 is 0.857 bits per heavy atom. The molecule has 0 aromatic heterocycles. The van der Waals surface area contributed by atoms with Gasteiger partial charge in [-0.25, -0.2) is 0 Å². The van der Waals surface area contributed by atoms with Crippen molar-refractivity contribution in [3.05, 3.63) is 30.3 Å². The summed E-state index contributed by atoms with van der Waals surface area (Å²) in [4.78, 5) is 0. The van der Waals surface area contributed by atoms with Gasteiger partial charge < -0.3 is 28.2 Å². The van der Waals surface area contributed by atoms with Gasteiger partial charge in [0.2, 0.25) is 7.37 Å². The molecule has 1 aromatic carbocycles. The van der Waals surface area contributed by atoms with Gasteiger partial charge in [0, 0.05) is 36.6 Å². The Labute approximate surface area is 208 Å². The Morgan fingerprint density at radius 3 is 2.17 bits per heavy atom. The van der Waals surface area contributed by atoms with Gasteiger partial charge in [-0.05, 0) is 37.8 Å². The van der Waals surface area contributed by atoms with Gasteiger partial charge >= 0.3 is 0 Å². The minimum absolute atomic E-state index is 0.194. The monoisotopic (exact) mass is 506 g/mol. The summed E-state index contributed by atoms with van der Waals surface area (Å²) in [5.74, 6) is -1.14. The number of hydrogen-bond donors (Lipinski definition) is 0. The van der Waals surface area contributed by atoms with E-state index in [0.717, 1.165) is 56.7 Å². The fourth-order valence-electron chi connectivity index (χ4n) is 6.49. The van der Waals surface area contributed by atoms with E-state index < -0.39 is 43.5 Å². The maximum absolute atomic E-state index is 14.4. The summed E-state index contributed by atoms with van der Waals surface area (Å²) in [7, 11) is -3.22. The van der Waals surface area contributed by atoms with Gasteiger partial charge in [-0.2, -0.15) is 0 Å². The molecule has 5 aliphatic rings. The van der Waals surface area contributed by atoms with E-state index in [-0.39, 0.29) is 11.8 Å². The normalized spacial score (nSPS) is 37.6. The van der Waals surface area contributed by atoms with Crippen LogP contribution in [-0.4, -0.2) is 54.5 Å². The van der Waals surface area contributed by atoms with Crippen LogP contribution in [0.1, 0.15) is 78.1 Å². The van der Waals surface area contributed by atoms with Crippen LogP contribution in [0, 0.1) is 0 Å². The van der Waals surface area contributed by atoms with Crippen LogP contribution in [0.3, 0.4) is 0 Å². The second-order valence-electron chi connectivity index (χ2n) is 11.2. The first-order valence-electron chi connectivity index (χ1n) is 13.6. The number of ether oxygens (including phenoxy) is 5. The maximum Gasteiger partial charge on any atom is 0.235 e. The van der Waals surface area contributed by atoms with Crippen molar-refractivity contribution < 1.29 is 32.8 Å². The highest BCUT2D eigenvalue weighted by Crippen LogP contribution is 2.56. The van der Waals surface area contributed by atoms with Crippen molar-refractivity contribution in [1.82, 2.24) is 0 Å². The summed E-state index contributed by atoms with van der Waals surface area (Å²) >= 11 is 0. The molecule has 0 radical (unpaired) electrons. The first kappa shape index (κ1) is 24.5. The molecule has 7 nitrogen and oxygen atoms in total. The zero-order chi connectivity index (χ0) is 24.1. The standard InChI is InChI=1S/C27H39O7P/c1-19(2)35(28,20-12-6-3-7-13-20)34-23-22(21-18-29-26(31-21)14-8-4-9-15-26)30-25-24(23)32-27(33-25)16-10-5-11-17-27/h3,6-7,12-13,19,21-25H,4-5,8-11,14-18H2,1-2H3/t21-,22+,23-,24+,25+,35-/m0/s1. The van der Waals surface area contributed by atoms with Crippen LogP contribution < -0.4 is 5.30 Å². The molecule has 2 spiro atoms. The summed E-state index contributed by atoms with van der Waals surface area (Å²) in [5.41, 5.74) is -0.194. The molecule has 0 amide bonds. The predicted octanol–water partition coefficient (Wildman–Crippen LogP) is 5.26. The minimum atomic E-state index is -3.22. The minimum Gasteiger partial charge on any atom is -0.347 e. The fraction of sp³-hybridized carbons (Fsp3) is 0.778. The second kappa shape index (κ2) is 9.50. The van der Waals surface area contributed by atoms with Gasteiger partial charge in [0.15, 0.2) is 17.9 Å². The molecule has 8 heteroatoms. The zero-order valence-corrected chi connectivity index (χ0v) is 21.8. The van der Waals surface area contributed by atoms with Crippen molar-refractivity contribution >= 4 is 12.7 Å². The van der Waals surface area contributed by atoms with E-state index in [2.05, 4.69) is 0 Å². The number of hydrogen-bond acceptors (Lipinski definition) is 7. The predicted molar refractivity (Wildman–Crippen MR) is 131 cm³/mol. The van der Waals surface area contributed by atoms with Crippen LogP contribution in [0.25, 0.3) is 0 Å². The highest BCUT2D eigenvalue weighted by atomic mass is 31.2. The molecule has 6 rings (SSSR count). The topological polar surface area (TPSA) is 72.5 Å². The molecular formula is C27H39O7P. The largest absolute Gasteiger partial charge is 0.347 e. The van der Waals surface area contributed by atoms with Crippen molar-refractivity contribution in [1.29, 1.82) is 0 Å². The number of benzene rings is 1. The Bertz CT molecular complexity index is 925. The van der Waals surface area contributed by atoms with Crippen LogP contribution >= 0.6 is 7.37 Å². The molecule has 6 atom stereocenters. The molecule has 0 N–H and O–H groups in total. The lowest BCUT2D eigenvalue weighted by molar-refractivity contribution is -0.258. The van der Waals surface area contributed by atoms with E-state index in [1.54, 1.807) is 0 Å². The maximum atomic E-state index is 14.4. The Balaban J connectivity index is 1.29. The van der Waals surface area contributed by atoms with Crippen molar-refractivity contribution in [2.75, 3.05) is 6.61 Å². The average molecular weight is 507 g/mol. The summed E-state index contributed by atoms with van der Waals surface area (Å²) in [6.07, 6.45) is 7.94. The summed E-state index contributed by atoms with van der Waals surface area (Å²) in [6, 6.07) is 9.53. The fourth-order valence-corrected chi connectivity index (χ4v) is 8.64. The van der Waals surface area contributed by atoms with Crippen molar-refractivity contribution in [2.45, 2.75) is 126 Å². The lowest BCUT2D eigenvalue weighted by Crippen LogP contribution is -2.46. The number of rotatable bonds is 5. The van der Waals surface area contributed by atoms with Crippen LogP contribution in [0.2, 0.25) is 0 Å². The van der Waals surface area contributed by atoms with E-state index >= 15 is 0 Å². The van der Waals surface area contributed by atoms with Gasteiger partial charge in [0.25, 0.3) is 0 Å². The Hall–Kier alpha value is -0.790. The van der Waals surface area contributed by atoms with Crippen LogP contribution in [-0.2, 0) is 32.8 Å². The molecule has 1 aromatic rings. The number of fused-ring (bicyclic) bond motifs is 1. The molecule has 3 aliphatic heterocycles. The lowest BCUT2D eigenvalue weighted by Gasteiger charge is -2.37. The third-order valence-corrected chi connectivity index (χ3v) is 11.4. The Morgan fingerprint density at radius 2 is 1.51 bits per heavy atom. The molecule has 2 saturated carbocycles. The summed E-state index contributed by atoms with van der Waals surface area (Å²) < 4.78 is 53.5. The SMILES string of the molecule is CC(C)[P@](=O)(O[C@@H]1[C@H]2OC3(CCCCC3)O[C@H]2O[C@@H]1[C@@H]1COC2(CCCCC2)O1)c1ccccc1. The molecule has 3 heterocycles. The molecule has 0 unspecified atom stereocenters. The van der Waals surface area contributed by atoms with Gasteiger partial charge in [-0.3, -0.25) is 4.57 Å². The van der Waals surface area contributed by atoms with Crippen LogP contribution in [0.5, 0.6) is 0 Å². The molecule has 0 bridgehead atoms. The summed E-state index contributed by atoms with van der Waals surface area (Å²) in [5, 5.41) is 0.718. The van der Waals surface area contributed by atoms with Gasteiger partial charge in [0.1, 0.15) is 24.4 Å². The molecule has 3 saturated heterocycles. The molecule has 194 valence electrons. The van der Waals surface area contributed by atoms with Crippen LogP contribution in [0.15, 0.2) is 30.3 Å². The Kier molecular flexibility index (Phi) is 6.66. The third-order valence-electron chi connectivity index (χ3n) is 8.44. The molecular weight excluding hydrogens is 467 g/mol. The average Bonchev–Trinajstić information content (AvgIpc) is 3.52. The quantitative estimate of drug-likeness (QED) is 0.505. The highest BCUT2D eigenvalue weighted by Gasteiger charge is 2.63. The first-order chi connectivity index (χ1) is 16.9. The van der Waals surface area contributed by atoms with E-state index in [0.29, 0.717) is 6.61 Å². The van der Waals surface area contributed by atoms with Crippen LogP contribution in [0.4, 0.5) is 0 Å². The molecule has 5 fully saturated rings. The highest BCUT2D eigenvalue weighted by molar-refractivity contribution is 7.67. The van der Waals surface area contributed by atoms with E-state index in [1.807, 2.05) is 44.2 Å².